The summed E-state index contributed by atoms with van der Waals surface area (Å²) in [4.78, 5) is 15.4. The van der Waals surface area contributed by atoms with Crippen LogP contribution in [0.25, 0.3) is 11.5 Å². The van der Waals surface area contributed by atoms with Gasteiger partial charge in [0.25, 0.3) is 11.7 Å². The molecule has 5 nitrogen and oxygen atoms in total. The molecule has 2 aromatic rings. The number of hydrogen-bond donors (Lipinski definition) is 0. The predicted octanol–water partition coefficient (Wildman–Crippen LogP) is 2.52. The summed E-state index contributed by atoms with van der Waals surface area (Å²) >= 11 is 2.16. The van der Waals surface area contributed by atoms with Gasteiger partial charge in [-0.2, -0.15) is 4.98 Å². The SMILES string of the molecule is CCOC(=O)c1noc(-c2ccccc2I)n1. The Morgan fingerprint density at radius 1 is 1.47 bits per heavy atom. The minimum absolute atomic E-state index is 0.0542. The van der Waals surface area contributed by atoms with E-state index in [0.29, 0.717) is 5.89 Å². The van der Waals surface area contributed by atoms with E-state index in [9.17, 15) is 4.79 Å². The van der Waals surface area contributed by atoms with Crippen molar-refractivity contribution >= 4 is 28.6 Å². The molecule has 0 bridgehead atoms. The first-order valence-corrected chi connectivity index (χ1v) is 6.06. The number of ether oxygens (including phenoxy) is 1. The molecule has 0 spiro atoms. The summed E-state index contributed by atoms with van der Waals surface area (Å²) in [5.41, 5.74) is 0.802. The number of nitrogens with zero attached hydrogens (tertiary/aromatic N) is 2. The first kappa shape index (κ1) is 12.0. The Bertz CT molecular complexity index is 539. The van der Waals surface area contributed by atoms with Crippen molar-refractivity contribution in [3.63, 3.8) is 0 Å². The fourth-order valence-corrected chi connectivity index (χ4v) is 1.86. The maximum Gasteiger partial charge on any atom is 0.379 e. The lowest BCUT2D eigenvalue weighted by Gasteiger charge is -1.96. The van der Waals surface area contributed by atoms with Gasteiger partial charge in [0, 0.05) is 3.57 Å². The Morgan fingerprint density at radius 2 is 2.24 bits per heavy atom. The molecular weight excluding hydrogens is 335 g/mol. The van der Waals surface area contributed by atoms with Crippen LogP contribution in [0.2, 0.25) is 0 Å². The molecule has 0 amide bonds. The van der Waals surface area contributed by atoms with Gasteiger partial charge in [0.05, 0.1) is 12.2 Å². The monoisotopic (exact) mass is 344 g/mol. The molecule has 0 aliphatic rings. The zero-order valence-electron chi connectivity index (χ0n) is 9.01. The van der Waals surface area contributed by atoms with Crippen molar-refractivity contribution in [2.24, 2.45) is 0 Å². The number of halogens is 1. The number of rotatable bonds is 3. The van der Waals surface area contributed by atoms with E-state index in [2.05, 4.69) is 32.7 Å². The van der Waals surface area contributed by atoms with Gasteiger partial charge < -0.3 is 9.26 Å². The summed E-state index contributed by atoms with van der Waals surface area (Å²) in [5.74, 6) is -0.312. The molecule has 0 radical (unpaired) electrons. The fourth-order valence-electron chi connectivity index (χ4n) is 1.25. The predicted molar refractivity (Wildman–Crippen MR) is 68.4 cm³/mol. The van der Waals surface area contributed by atoms with E-state index in [1.165, 1.54) is 0 Å². The second-order valence-electron chi connectivity index (χ2n) is 3.12. The number of carbonyl (C=O) groups is 1. The maximum absolute atomic E-state index is 11.4. The third-order valence-corrected chi connectivity index (χ3v) is 2.93. The van der Waals surface area contributed by atoms with E-state index in [1.54, 1.807) is 6.92 Å². The Labute approximate surface area is 111 Å². The molecule has 0 atom stereocenters. The van der Waals surface area contributed by atoms with Crippen molar-refractivity contribution in [2.75, 3.05) is 6.61 Å². The Hall–Kier alpha value is -1.44. The molecule has 0 aliphatic carbocycles. The second-order valence-corrected chi connectivity index (χ2v) is 4.29. The Balaban J connectivity index is 2.30. The number of esters is 1. The average Bonchev–Trinajstić information content (AvgIpc) is 2.79. The van der Waals surface area contributed by atoms with Crippen LogP contribution in [0, 0.1) is 3.57 Å². The van der Waals surface area contributed by atoms with Crippen LogP contribution in [-0.4, -0.2) is 22.7 Å². The highest BCUT2D eigenvalue weighted by molar-refractivity contribution is 14.1. The van der Waals surface area contributed by atoms with Crippen LogP contribution < -0.4 is 0 Å². The van der Waals surface area contributed by atoms with Crippen LogP contribution in [0.15, 0.2) is 28.8 Å². The minimum atomic E-state index is -0.576. The van der Waals surface area contributed by atoms with Gasteiger partial charge in [-0.1, -0.05) is 12.1 Å². The Morgan fingerprint density at radius 3 is 2.94 bits per heavy atom. The van der Waals surface area contributed by atoms with Gasteiger partial charge in [0.1, 0.15) is 0 Å². The summed E-state index contributed by atoms with van der Waals surface area (Å²) in [6.45, 7) is 2.00. The highest BCUT2D eigenvalue weighted by Gasteiger charge is 2.17. The highest BCUT2D eigenvalue weighted by atomic mass is 127. The lowest BCUT2D eigenvalue weighted by Crippen LogP contribution is -2.06. The van der Waals surface area contributed by atoms with Crippen LogP contribution >= 0.6 is 22.6 Å². The summed E-state index contributed by atoms with van der Waals surface area (Å²) in [6.07, 6.45) is 0. The molecule has 0 aliphatic heterocycles. The Kier molecular flexibility index (Phi) is 3.72. The molecule has 1 aromatic heterocycles. The number of hydrogen-bond acceptors (Lipinski definition) is 5. The third kappa shape index (κ3) is 2.63. The summed E-state index contributed by atoms with van der Waals surface area (Å²) in [7, 11) is 0. The van der Waals surface area contributed by atoms with E-state index < -0.39 is 5.97 Å². The normalized spacial score (nSPS) is 10.2. The van der Waals surface area contributed by atoms with Crippen molar-refractivity contribution in [2.45, 2.75) is 6.92 Å². The van der Waals surface area contributed by atoms with Crippen molar-refractivity contribution in [1.82, 2.24) is 10.1 Å². The molecule has 17 heavy (non-hydrogen) atoms. The molecule has 88 valence electrons. The van der Waals surface area contributed by atoms with Crippen molar-refractivity contribution < 1.29 is 14.1 Å². The largest absolute Gasteiger partial charge is 0.460 e. The molecule has 1 aromatic carbocycles. The van der Waals surface area contributed by atoms with Gasteiger partial charge in [-0.15, -0.1) is 0 Å². The van der Waals surface area contributed by atoms with E-state index in [4.69, 9.17) is 9.26 Å². The van der Waals surface area contributed by atoms with Crippen LogP contribution in [0.4, 0.5) is 0 Å². The van der Waals surface area contributed by atoms with E-state index in [-0.39, 0.29) is 12.4 Å². The fraction of sp³-hybridized carbons (Fsp3) is 0.182. The molecular formula is C11H9IN2O3. The molecule has 0 unspecified atom stereocenters. The number of aromatic nitrogens is 2. The first-order valence-electron chi connectivity index (χ1n) is 4.98. The van der Waals surface area contributed by atoms with Gasteiger partial charge in [0.2, 0.25) is 0 Å². The van der Waals surface area contributed by atoms with Crippen molar-refractivity contribution in [3.8, 4) is 11.5 Å². The molecule has 0 fully saturated rings. The quantitative estimate of drug-likeness (QED) is 0.632. The zero-order valence-corrected chi connectivity index (χ0v) is 11.2. The van der Waals surface area contributed by atoms with E-state index >= 15 is 0 Å². The molecule has 0 saturated carbocycles. The van der Waals surface area contributed by atoms with Crippen LogP contribution in [0.3, 0.4) is 0 Å². The topological polar surface area (TPSA) is 65.2 Å². The highest BCUT2D eigenvalue weighted by Crippen LogP contribution is 2.23. The van der Waals surface area contributed by atoms with Gasteiger partial charge in [0.15, 0.2) is 0 Å². The first-order chi connectivity index (χ1) is 8.22. The lowest BCUT2D eigenvalue weighted by molar-refractivity contribution is 0.0508. The van der Waals surface area contributed by atoms with E-state index in [1.807, 2.05) is 24.3 Å². The smallest absolute Gasteiger partial charge is 0.379 e. The van der Waals surface area contributed by atoms with Crippen LogP contribution in [0.1, 0.15) is 17.5 Å². The molecule has 0 N–H and O–H groups in total. The molecule has 2 rings (SSSR count). The lowest BCUT2D eigenvalue weighted by atomic mass is 10.2. The van der Waals surface area contributed by atoms with Crippen molar-refractivity contribution in [3.05, 3.63) is 33.7 Å². The van der Waals surface area contributed by atoms with Crippen molar-refractivity contribution in [1.29, 1.82) is 0 Å². The maximum atomic E-state index is 11.4. The number of carbonyl (C=O) groups excluding carboxylic acids is 1. The molecule has 6 heteroatoms. The molecule has 0 saturated heterocycles. The summed E-state index contributed by atoms with van der Waals surface area (Å²) in [5, 5.41) is 3.59. The standard InChI is InChI=1S/C11H9IN2O3/c1-2-16-11(15)9-13-10(17-14-9)7-5-3-4-6-8(7)12/h3-6H,2H2,1H3. The average molecular weight is 344 g/mol. The van der Waals surface area contributed by atoms with Crippen LogP contribution in [0.5, 0.6) is 0 Å². The minimum Gasteiger partial charge on any atom is -0.460 e. The van der Waals surface area contributed by atoms with Gasteiger partial charge in [-0.25, -0.2) is 4.79 Å². The third-order valence-electron chi connectivity index (χ3n) is 1.99. The van der Waals surface area contributed by atoms with E-state index in [0.717, 1.165) is 9.13 Å². The van der Waals surface area contributed by atoms with Gasteiger partial charge in [-0.3, -0.25) is 0 Å². The zero-order chi connectivity index (χ0) is 12.3. The molecule has 1 heterocycles. The second kappa shape index (κ2) is 5.26. The summed E-state index contributed by atoms with van der Waals surface area (Å²) in [6, 6.07) is 7.55. The van der Waals surface area contributed by atoms with Gasteiger partial charge in [-0.05, 0) is 46.8 Å². The van der Waals surface area contributed by atoms with Crippen LogP contribution in [-0.2, 0) is 4.74 Å². The summed E-state index contributed by atoms with van der Waals surface area (Å²) < 4.78 is 10.8. The van der Waals surface area contributed by atoms with Gasteiger partial charge >= 0.3 is 5.97 Å². The number of benzene rings is 1.